The number of nitrogens with zero attached hydrogens (tertiary/aromatic N) is 5. The molecule has 5 aromatic heterocycles. The molecule has 5 heterocycles. The Labute approximate surface area is 329 Å². The van der Waals surface area contributed by atoms with E-state index in [1.807, 2.05) is 36.7 Å². The predicted octanol–water partition coefficient (Wildman–Crippen LogP) is 13.0. The summed E-state index contributed by atoms with van der Waals surface area (Å²) in [6, 6.07) is 65.7. The third kappa shape index (κ3) is 5.64. The SMILES string of the molecule is c1ccc(-c2ccc(-c3cc(-n4c5ccccc5c5c6c(ccc54)c(-c4ccccc4)nc4ccccc46)cc(-c4ccc(-c5ccccn5)cc4)n3)nc2)cc1. The normalized spacial score (nSPS) is 11.5. The molecule has 11 aromatic rings. The van der Waals surface area contributed by atoms with Crippen molar-refractivity contribution in [2.24, 2.45) is 0 Å². The molecule has 0 atom stereocenters. The summed E-state index contributed by atoms with van der Waals surface area (Å²) in [4.78, 5) is 20.1. The van der Waals surface area contributed by atoms with Crippen LogP contribution in [-0.4, -0.2) is 24.5 Å². The van der Waals surface area contributed by atoms with Crippen LogP contribution in [-0.2, 0) is 0 Å². The van der Waals surface area contributed by atoms with Crippen LogP contribution in [0, 0.1) is 0 Å². The zero-order valence-electron chi connectivity index (χ0n) is 30.8. The first-order valence-electron chi connectivity index (χ1n) is 19.1. The fourth-order valence-electron chi connectivity index (χ4n) is 8.21. The van der Waals surface area contributed by atoms with E-state index >= 15 is 0 Å². The van der Waals surface area contributed by atoms with Gasteiger partial charge in [0.05, 0.1) is 50.7 Å². The lowest BCUT2D eigenvalue weighted by atomic mass is 9.96. The quantitative estimate of drug-likeness (QED) is 0.160. The largest absolute Gasteiger partial charge is 0.309 e. The Hall–Kier alpha value is -7.76. The second-order valence-corrected chi connectivity index (χ2v) is 14.3. The average Bonchev–Trinajstić information content (AvgIpc) is 3.64. The van der Waals surface area contributed by atoms with Gasteiger partial charge in [-0.05, 0) is 54.1 Å². The lowest BCUT2D eigenvalue weighted by Crippen LogP contribution is -1.99. The van der Waals surface area contributed by atoms with Gasteiger partial charge < -0.3 is 4.57 Å². The van der Waals surface area contributed by atoms with Crippen LogP contribution in [0.5, 0.6) is 0 Å². The molecular formula is C52H33N5. The molecule has 5 heteroatoms. The fraction of sp³-hybridized carbons (Fsp3) is 0. The highest BCUT2D eigenvalue weighted by molar-refractivity contribution is 6.29. The van der Waals surface area contributed by atoms with E-state index in [1.54, 1.807) is 0 Å². The number of para-hydroxylation sites is 2. The van der Waals surface area contributed by atoms with E-state index in [0.29, 0.717) is 0 Å². The van der Waals surface area contributed by atoms with Crippen molar-refractivity contribution in [2.75, 3.05) is 0 Å². The lowest BCUT2D eigenvalue weighted by Gasteiger charge is -2.14. The molecule has 5 nitrogen and oxygen atoms in total. The summed E-state index contributed by atoms with van der Waals surface area (Å²) in [6.07, 6.45) is 3.77. The van der Waals surface area contributed by atoms with Crippen LogP contribution >= 0.6 is 0 Å². The number of fused-ring (bicyclic) bond motifs is 7. The monoisotopic (exact) mass is 727 g/mol. The maximum Gasteiger partial charge on any atom is 0.0914 e. The Kier molecular flexibility index (Phi) is 7.74. The first-order chi connectivity index (χ1) is 28.3. The first-order valence-corrected chi connectivity index (χ1v) is 19.1. The first kappa shape index (κ1) is 32.7. The van der Waals surface area contributed by atoms with Crippen molar-refractivity contribution < 1.29 is 0 Å². The van der Waals surface area contributed by atoms with Crippen LogP contribution in [0.3, 0.4) is 0 Å². The summed E-state index contributed by atoms with van der Waals surface area (Å²) in [6.45, 7) is 0. The molecule has 0 radical (unpaired) electrons. The summed E-state index contributed by atoms with van der Waals surface area (Å²) in [5, 5.41) is 5.83. The van der Waals surface area contributed by atoms with E-state index < -0.39 is 0 Å². The summed E-state index contributed by atoms with van der Waals surface area (Å²) >= 11 is 0. The molecule has 0 spiro atoms. The highest BCUT2D eigenvalue weighted by atomic mass is 15.0. The number of aromatic nitrogens is 5. The second-order valence-electron chi connectivity index (χ2n) is 14.3. The van der Waals surface area contributed by atoms with Crippen LogP contribution in [0.15, 0.2) is 200 Å². The molecule has 0 unspecified atom stereocenters. The van der Waals surface area contributed by atoms with Gasteiger partial charge in [0.15, 0.2) is 0 Å². The Morgan fingerprint density at radius 3 is 1.77 bits per heavy atom. The predicted molar refractivity (Wildman–Crippen MR) is 234 cm³/mol. The Bertz CT molecular complexity index is 3150. The molecule has 11 rings (SSSR count). The lowest BCUT2D eigenvalue weighted by molar-refractivity contribution is 1.15. The zero-order chi connectivity index (χ0) is 37.7. The van der Waals surface area contributed by atoms with E-state index in [9.17, 15) is 0 Å². The van der Waals surface area contributed by atoms with Gasteiger partial charge in [0.25, 0.3) is 0 Å². The van der Waals surface area contributed by atoms with Gasteiger partial charge in [-0.3, -0.25) is 9.97 Å². The summed E-state index contributed by atoms with van der Waals surface area (Å²) < 4.78 is 2.39. The highest BCUT2D eigenvalue weighted by Gasteiger charge is 2.21. The summed E-state index contributed by atoms with van der Waals surface area (Å²) in [5.74, 6) is 0. The standard InChI is InChI=1S/C52H33N5/c1-3-13-34(14-4-1)38-26-28-45(54-33-38)47-32-39(31-46(55-47)36-24-22-35(23-25-36)43-19-11-12-30-53-43)57-48-21-10-8-18-41(48)51-49(57)29-27-42-50(51)40-17-7-9-20-44(40)56-52(42)37-15-5-2-6-16-37/h1-33H. The summed E-state index contributed by atoms with van der Waals surface area (Å²) in [7, 11) is 0. The summed E-state index contributed by atoms with van der Waals surface area (Å²) in [5.41, 5.74) is 13.9. The molecule has 6 aromatic carbocycles. The molecule has 266 valence electrons. The van der Waals surface area contributed by atoms with E-state index in [4.69, 9.17) is 15.0 Å². The smallest absolute Gasteiger partial charge is 0.0914 e. The third-order valence-corrected chi connectivity index (χ3v) is 10.9. The van der Waals surface area contributed by atoms with Gasteiger partial charge in [0.2, 0.25) is 0 Å². The van der Waals surface area contributed by atoms with Crippen LogP contribution < -0.4 is 0 Å². The highest BCUT2D eigenvalue weighted by Crippen LogP contribution is 2.43. The van der Waals surface area contributed by atoms with Crippen LogP contribution in [0.1, 0.15) is 0 Å². The molecule has 0 aliphatic carbocycles. The van der Waals surface area contributed by atoms with Crippen molar-refractivity contribution in [2.45, 2.75) is 0 Å². The van der Waals surface area contributed by atoms with Crippen LogP contribution in [0.4, 0.5) is 0 Å². The Morgan fingerprint density at radius 1 is 0.351 bits per heavy atom. The zero-order valence-corrected chi connectivity index (χ0v) is 30.8. The van der Waals surface area contributed by atoms with Crippen LogP contribution in [0.2, 0.25) is 0 Å². The van der Waals surface area contributed by atoms with Gasteiger partial charge in [-0.25, -0.2) is 9.97 Å². The molecule has 0 aliphatic rings. The van der Waals surface area contributed by atoms with Gasteiger partial charge in [-0.2, -0.15) is 0 Å². The topological polar surface area (TPSA) is 56.5 Å². The average molecular weight is 728 g/mol. The second kappa shape index (κ2) is 13.5. The third-order valence-electron chi connectivity index (χ3n) is 10.9. The van der Waals surface area contributed by atoms with Crippen molar-refractivity contribution in [1.82, 2.24) is 24.5 Å². The number of hydrogen-bond acceptors (Lipinski definition) is 4. The maximum atomic E-state index is 5.29. The van der Waals surface area contributed by atoms with E-state index in [-0.39, 0.29) is 0 Å². The fourth-order valence-corrected chi connectivity index (χ4v) is 8.21. The van der Waals surface area contributed by atoms with Crippen molar-refractivity contribution in [3.63, 3.8) is 0 Å². The van der Waals surface area contributed by atoms with Gasteiger partial charge in [-0.1, -0.05) is 140 Å². The molecule has 0 aliphatic heterocycles. The van der Waals surface area contributed by atoms with Crippen LogP contribution in [0.25, 0.3) is 105 Å². The van der Waals surface area contributed by atoms with Crippen molar-refractivity contribution in [3.8, 4) is 62.0 Å². The molecule has 0 fully saturated rings. The van der Waals surface area contributed by atoms with E-state index in [2.05, 4.69) is 173 Å². The number of benzene rings is 6. The van der Waals surface area contributed by atoms with Gasteiger partial charge in [-0.15, -0.1) is 0 Å². The molecule has 0 N–H and O–H groups in total. The number of hydrogen-bond donors (Lipinski definition) is 0. The Morgan fingerprint density at radius 2 is 1.02 bits per heavy atom. The molecular weight excluding hydrogens is 695 g/mol. The molecule has 0 saturated carbocycles. The van der Waals surface area contributed by atoms with Crippen molar-refractivity contribution in [3.05, 3.63) is 200 Å². The van der Waals surface area contributed by atoms with Crippen molar-refractivity contribution >= 4 is 43.5 Å². The minimum atomic E-state index is 0.795. The van der Waals surface area contributed by atoms with E-state index in [1.165, 1.54) is 16.2 Å². The maximum absolute atomic E-state index is 5.29. The van der Waals surface area contributed by atoms with Gasteiger partial charge in [0, 0.05) is 61.6 Å². The molecule has 57 heavy (non-hydrogen) atoms. The van der Waals surface area contributed by atoms with Gasteiger partial charge >= 0.3 is 0 Å². The molecule has 0 amide bonds. The molecule has 0 saturated heterocycles. The number of pyridine rings is 4. The van der Waals surface area contributed by atoms with Crippen molar-refractivity contribution in [1.29, 1.82) is 0 Å². The minimum absolute atomic E-state index is 0.795. The molecule has 0 bridgehead atoms. The van der Waals surface area contributed by atoms with E-state index in [0.717, 1.165) is 89.3 Å². The Balaban J connectivity index is 1.17. The number of rotatable bonds is 6. The van der Waals surface area contributed by atoms with Gasteiger partial charge in [0.1, 0.15) is 0 Å². The minimum Gasteiger partial charge on any atom is -0.309 e.